The van der Waals surface area contributed by atoms with Gasteiger partial charge in [0.1, 0.15) is 23.9 Å². The molecule has 0 fully saturated rings. The van der Waals surface area contributed by atoms with Crippen LogP contribution < -0.4 is 21.7 Å². The molecule has 0 saturated heterocycles. The van der Waals surface area contributed by atoms with Gasteiger partial charge in [0.2, 0.25) is 17.7 Å². The van der Waals surface area contributed by atoms with Crippen LogP contribution in [0.3, 0.4) is 0 Å². The number of amides is 3. The van der Waals surface area contributed by atoms with Crippen molar-refractivity contribution >= 4 is 23.7 Å². The van der Waals surface area contributed by atoms with Crippen molar-refractivity contribution in [2.75, 3.05) is 0 Å². The van der Waals surface area contributed by atoms with Crippen LogP contribution in [0.2, 0.25) is 0 Å². The summed E-state index contributed by atoms with van der Waals surface area (Å²) >= 11 is 0. The molecule has 2 aromatic rings. The van der Waals surface area contributed by atoms with Crippen molar-refractivity contribution in [2.24, 2.45) is 11.7 Å². The Labute approximate surface area is 216 Å². The van der Waals surface area contributed by atoms with Gasteiger partial charge in [0.15, 0.2) is 0 Å². The minimum atomic E-state index is -1.19. The summed E-state index contributed by atoms with van der Waals surface area (Å²) < 4.78 is 0. The topological polar surface area (TPSA) is 171 Å². The average molecular weight is 513 g/mol. The first kappa shape index (κ1) is 29.3. The Morgan fingerprint density at radius 3 is 1.89 bits per heavy atom. The molecule has 10 heteroatoms. The predicted molar refractivity (Wildman–Crippen MR) is 138 cm³/mol. The molecular weight excluding hydrogens is 476 g/mol. The second-order valence-corrected chi connectivity index (χ2v) is 9.49. The van der Waals surface area contributed by atoms with Gasteiger partial charge in [-0.2, -0.15) is 0 Å². The van der Waals surface area contributed by atoms with Crippen LogP contribution in [-0.4, -0.2) is 58.1 Å². The summed E-state index contributed by atoms with van der Waals surface area (Å²) in [5.41, 5.74) is 7.47. The standard InChI is InChI=1S/C27H36N4O6/c1-16(2)13-22(26(35)31-23(27(36)37)15-18-7-5-4-6-8-18)30-24(33)17(3)29-25(34)21(28)14-19-9-11-20(32)12-10-19/h4-12,16-17,21-23,32H,13-15,28H2,1-3H3,(H,29,34)(H,30,33)(H,31,35)(H,36,37). The zero-order valence-electron chi connectivity index (χ0n) is 21.3. The van der Waals surface area contributed by atoms with Gasteiger partial charge in [0.05, 0.1) is 6.04 Å². The predicted octanol–water partition coefficient (Wildman–Crippen LogP) is 1.11. The molecule has 200 valence electrons. The summed E-state index contributed by atoms with van der Waals surface area (Å²) in [7, 11) is 0. The van der Waals surface area contributed by atoms with E-state index >= 15 is 0 Å². The number of nitrogens with two attached hydrogens (primary N) is 1. The summed E-state index contributed by atoms with van der Waals surface area (Å²) in [6.07, 6.45) is 0.572. The monoisotopic (exact) mass is 512 g/mol. The molecule has 0 aromatic heterocycles. The molecular formula is C27H36N4O6. The molecule has 4 unspecified atom stereocenters. The highest BCUT2D eigenvalue weighted by atomic mass is 16.4. The number of carboxylic acid groups (broad SMARTS) is 1. The third-order valence-electron chi connectivity index (χ3n) is 5.72. The van der Waals surface area contributed by atoms with Crippen LogP contribution >= 0.6 is 0 Å². The smallest absolute Gasteiger partial charge is 0.326 e. The summed E-state index contributed by atoms with van der Waals surface area (Å²) in [6, 6.07) is 11.1. The number of aromatic hydroxyl groups is 1. The van der Waals surface area contributed by atoms with Crippen molar-refractivity contribution in [3.63, 3.8) is 0 Å². The van der Waals surface area contributed by atoms with Crippen LogP contribution in [0, 0.1) is 5.92 Å². The quantitative estimate of drug-likeness (QED) is 0.233. The van der Waals surface area contributed by atoms with Gasteiger partial charge < -0.3 is 31.9 Å². The lowest BCUT2D eigenvalue weighted by molar-refractivity contribution is -0.142. The molecule has 3 amide bonds. The fraction of sp³-hybridized carbons (Fsp3) is 0.407. The number of phenolic OH excluding ortho intramolecular Hbond substituents is 1. The lowest BCUT2D eigenvalue weighted by Gasteiger charge is -2.25. The van der Waals surface area contributed by atoms with E-state index in [0.717, 1.165) is 11.1 Å². The molecule has 0 radical (unpaired) electrons. The highest BCUT2D eigenvalue weighted by Crippen LogP contribution is 2.11. The zero-order valence-corrected chi connectivity index (χ0v) is 21.3. The van der Waals surface area contributed by atoms with E-state index in [1.807, 2.05) is 19.9 Å². The number of rotatable bonds is 13. The van der Waals surface area contributed by atoms with E-state index in [9.17, 15) is 29.4 Å². The Balaban J connectivity index is 1.99. The first-order valence-corrected chi connectivity index (χ1v) is 12.2. The third-order valence-corrected chi connectivity index (χ3v) is 5.72. The van der Waals surface area contributed by atoms with E-state index < -0.39 is 47.9 Å². The van der Waals surface area contributed by atoms with Crippen molar-refractivity contribution in [3.05, 3.63) is 65.7 Å². The molecule has 7 N–H and O–H groups in total. The summed E-state index contributed by atoms with van der Waals surface area (Å²) in [5, 5.41) is 26.7. The van der Waals surface area contributed by atoms with Gasteiger partial charge in [-0.05, 0) is 48.9 Å². The third kappa shape index (κ3) is 9.92. The molecule has 4 atom stereocenters. The summed E-state index contributed by atoms with van der Waals surface area (Å²) in [4.78, 5) is 50.1. The molecule has 2 rings (SSSR count). The van der Waals surface area contributed by atoms with Crippen molar-refractivity contribution in [3.8, 4) is 5.75 Å². The van der Waals surface area contributed by atoms with Gasteiger partial charge in [-0.1, -0.05) is 56.3 Å². The molecule has 0 spiro atoms. The van der Waals surface area contributed by atoms with Crippen LogP contribution in [0.25, 0.3) is 0 Å². The van der Waals surface area contributed by atoms with E-state index in [2.05, 4.69) is 16.0 Å². The normalized spacial score (nSPS) is 14.2. The number of hydrogen-bond donors (Lipinski definition) is 6. The van der Waals surface area contributed by atoms with E-state index in [-0.39, 0.29) is 30.9 Å². The van der Waals surface area contributed by atoms with Gasteiger partial charge >= 0.3 is 5.97 Å². The van der Waals surface area contributed by atoms with Gasteiger partial charge in [-0.25, -0.2) is 4.79 Å². The molecule has 10 nitrogen and oxygen atoms in total. The van der Waals surface area contributed by atoms with Gasteiger partial charge in [-0.3, -0.25) is 14.4 Å². The second-order valence-electron chi connectivity index (χ2n) is 9.49. The number of aliphatic carboxylic acids is 1. The summed E-state index contributed by atoms with van der Waals surface area (Å²) in [5.74, 6) is -2.82. The van der Waals surface area contributed by atoms with Crippen LogP contribution in [0.4, 0.5) is 0 Å². The number of benzene rings is 2. The fourth-order valence-electron chi connectivity index (χ4n) is 3.69. The Morgan fingerprint density at radius 1 is 0.757 bits per heavy atom. The molecule has 0 bridgehead atoms. The molecule has 0 heterocycles. The SMILES string of the molecule is CC(C)CC(NC(=O)C(C)NC(=O)C(N)Cc1ccc(O)cc1)C(=O)NC(Cc1ccccc1)C(=O)O. The summed E-state index contributed by atoms with van der Waals surface area (Å²) in [6.45, 7) is 5.22. The van der Waals surface area contributed by atoms with Crippen LogP contribution in [0.15, 0.2) is 54.6 Å². The molecule has 37 heavy (non-hydrogen) atoms. The second kappa shape index (κ2) is 14.0. The number of carbonyl (C=O) groups excluding carboxylic acids is 3. The van der Waals surface area contributed by atoms with E-state index in [4.69, 9.17) is 5.73 Å². The average Bonchev–Trinajstić information content (AvgIpc) is 2.84. The Hall–Kier alpha value is -3.92. The van der Waals surface area contributed by atoms with Gasteiger partial charge in [-0.15, -0.1) is 0 Å². The molecule has 0 aliphatic carbocycles. The Morgan fingerprint density at radius 2 is 1.32 bits per heavy atom. The lowest BCUT2D eigenvalue weighted by atomic mass is 10.0. The number of phenols is 1. The minimum Gasteiger partial charge on any atom is -0.508 e. The van der Waals surface area contributed by atoms with Crippen LogP contribution in [0.5, 0.6) is 5.75 Å². The van der Waals surface area contributed by atoms with Crippen LogP contribution in [0.1, 0.15) is 38.3 Å². The first-order valence-electron chi connectivity index (χ1n) is 12.2. The van der Waals surface area contributed by atoms with E-state index in [1.165, 1.54) is 19.1 Å². The number of carbonyl (C=O) groups is 4. The van der Waals surface area contributed by atoms with Crippen molar-refractivity contribution in [1.82, 2.24) is 16.0 Å². The highest BCUT2D eigenvalue weighted by Gasteiger charge is 2.29. The maximum atomic E-state index is 13.0. The number of hydrogen-bond acceptors (Lipinski definition) is 6. The number of carboxylic acids is 1. The maximum absolute atomic E-state index is 13.0. The van der Waals surface area contributed by atoms with E-state index in [0.29, 0.717) is 0 Å². The minimum absolute atomic E-state index is 0.0251. The zero-order chi connectivity index (χ0) is 27.5. The fourth-order valence-corrected chi connectivity index (χ4v) is 3.69. The Bertz CT molecular complexity index is 1060. The molecule has 0 aliphatic rings. The van der Waals surface area contributed by atoms with Gasteiger partial charge in [0, 0.05) is 6.42 Å². The van der Waals surface area contributed by atoms with Gasteiger partial charge in [0.25, 0.3) is 0 Å². The van der Waals surface area contributed by atoms with E-state index in [1.54, 1.807) is 36.4 Å². The van der Waals surface area contributed by atoms with Crippen molar-refractivity contribution < 1.29 is 29.4 Å². The van der Waals surface area contributed by atoms with Crippen molar-refractivity contribution in [2.45, 2.75) is 64.2 Å². The largest absolute Gasteiger partial charge is 0.508 e. The molecule has 0 aliphatic heterocycles. The van der Waals surface area contributed by atoms with Crippen LogP contribution in [-0.2, 0) is 32.0 Å². The number of nitrogens with one attached hydrogen (secondary N) is 3. The Kier molecular flexibility index (Phi) is 11.1. The lowest BCUT2D eigenvalue weighted by Crippen LogP contribution is -2.57. The first-order chi connectivity index (χ1) is 17.5. The highest BCUT2D eigenvalue weighted by molar-refractivity contribution is 5.94. The molecule has 0 saturated carbocycles. The molecule has 2 aromatic carbocycles. The van der Waals surface area contributed by atoms with Crippen molar-refractivity contribution in [1.29, 1.82) is 0 Å². The maximum Gasteiger partial charge on any atom is 0.326 e.